The first-order valence-electron chi connectivity index (χ1n) is 8.14. The van der Waals surface area contributed by atoms with Gasteiger partial charge in [0.25, 0.3) is 5.91 Å². The summed E-state index contributed by atoms with van der Waals surface area (Å²) in [5.74, 6) is 0.0829. The van der Waals surface area contributed by atoms with E-state index in [2.05, 4.69) is 15.3 Å². The van der Waals surface area contributed by atoms with Crippen LogP contribution >= 0.6 is 11.3 Å². The number of nitrogens with one attached hydrogen (secondary N) is 1. The van der Waals surface area contributed by atoms with Crippen LogP contribution in [0.4, 0.5) is 5.13 Å². The Labute approximate surface area is 140 Å². The molecule has 1 saturated heterocycles. The molecule has 1 aliphatic heterocycles. The Balaban J connectivity index is 1.87. The van der Waals surface area contributed by atoms with Crippen molar-refractivity contribution in [1.82, 2.24) is 14.9 Å². The van der Waals surface area contributed by atoms with E-state index < -0.39 is 0 Å². The van der Waals surface area contributed by atoms with Crippen molar-refractivity contribution in [1.29, 1.82) is 0 Å². The number of hydrogen-bond acceptors (Lipinski definition) is 5. The van der Waals surface area contributed by atoms with Crippen LogP contribution in [-0.4, -0.2) is 33.9 Å². The monoisotopic (exact) mass is 330 g/mol. The van der Waals surface area contributed by atoms with Gasteiger partial charge in [0, 0.05) is 19.3 Å². The van der Waals surface area contributed by atoms with Crippen molar-refractivity contribution >= 4 is 22.4 Å². The molecule has 0 radical (unpaired) electrons. The van der Waals surface area contributed by atoms with Crippen molar-refractivity contribution in [2.45, 2.75) is 39.2 Å². The minimum absolute atomic E-state index is 0.0709. The van der Waals surface area contributed by atoms with Crippen LogP contribution in [0.15, 0.2) is 24.4 Å². The Morgan fingerprint density at radius 1 is 1.43 bits per heavy atom. The average Bonchev–Trinajstić information content (AvgIpc) is 2.96. The number of anilines is 1. The van der Waals surface area contributed by atoms with Gasteiger partial charge in [-0.25, -0.2) is 4.98 Å². The van der Waals surface area contributed by atoms with Gasteiger partial charge in [0.05, 0.1) is 17.4 Å². The van der Waals surface area contributed by atoms with Gasteiger partial charge in [-0.3, -0.25) is 9.78 Å². The van der Waals surface area contributed by atoms with Crippen LogP contribution in [0.25, 0.3) is 0 Å². The molecule has 3 rings (SSSR count). The Kier molecular flexibility index (Phi) is 4.91. The largest absolute Gasteiger partial charge is 0.362 e. The molecule has 3 heterocycles. The van der Waals surface area contributed by atoms with Crippen LogP contribution in [-0.2, 0) is 0 Å². The fourth-order valence-corrected chi connectivity index (χ4v) is 4.00. The lowest BCUT2D eigenvalue weighted by molar-refractivity contribution is 0.0610. The smallest absolute Gasteiger partial charge is 0.266 e. The standard InChI is InChI=1S/C17H22N4OS/c1-3-18-17-20-12(2)15(23-17)16(22)21-11-7-5-9-14(21)13-8-4-6-10-19-13/h4,6,8,10,14H,3,5,7,9,11H2,1-2H3,(H,18,20)/t14-/m1/s1. The highest BCUT2D eigenvalue weighted by atomic mass is 32.1. The van der Waals surface area contributed by atoms with Crippen LogP contribution in [0.1, 0.15) is 53.3 Å². The van der Waals surface area contributed by atoms with Gasteiger partial charge in [0.15, 0.2) is 5.13 Å². The summed E-state index contributed by atoms with van der Waals surface area (Å²) in [4.78, 5) is 24.7. The molecule has 0 aliphatic carbocycles. The molecule has 122 valence electrons. The highest BCUT2D eigenvalue weighted by Gasteiger charge is 2.31. The maximum absolute atomic E-state index is 13.1. The molecular formula is C17H22N4OS. The van der Waals surface area contributed by atoms with Crippen LogP contribution in [0.5, 0.6) is 0 Å². The summed E-state index contributed by atoms with van der Waals surface area (Å²) in [7, 11) is 0. The quantitative estimate of drug-likeness (QED) is 0.930. The van der Waals surface area contributed by atoms with Gasteiger partial charge >= 0.3 is 0 Å². The van der Waals surface area contributed by atoms with Crippen molar-refractivity contribution in [3.8, 4) is 0 Å². The van der Waals surface area contributed by atoms with Crippen molar-refractivity contribution in [2.24, 2.45) is 0 Å². The topological polar surface area (TPSA) is 58.1 Å². The predicted octanol–water partition coefficient (Wildman–Crippen LogP) is 3.65. The maximum atomic E-state index is 13.1. The Hall–Kier alpha value is -1.95. The minimum Gasteiger partial charge on any atom is -0.362 e. The molecule has 0 unspecified atom stereocenters. The van der Waals surface area contributed by atoms with Crippen molar-refractivity contribution < 1.29 is 4.79 Å². The number of aromatic nitrogens is 2. The fraction of sp³-hybridized carbons (Fsp3) is 0.471. The lowest BCUT2D eigenvalue weighted by atomic mass is 9.98. The van der Waals surface area contributed by atoms with Crippen molar-refractivity contribution in [3.05, 3.63) is 40.7 Å². The van der Waals surface area contributed by atoms with Gasteiger partial charge in [0.1, 0.15) is 4.88 Å². The summed E-state index contributed by atoms with van der Waals surface area (Å²) in [6, 6.07) is 5.98. The molecule has 1 atom stereocenters. The zero-order chi connectivity index (χ0) is 16.2. The third-order valence-corrected chi connectivity index (χ3v) is 5.21. The van der Waals surface area contributed by atoms with Gasteiger partial charge in [-0.2, -0.15) is 0 Å². The molecule has 6 heteroatoms. The molecule has 0 saturated carbocycles. The summed E-state index contributed by atoms with van der Waals surface area (Å²) < 4.78 is 0. The van der Waals surface area contributed by atoms with E-state index in [1.54, 1.807) is 6.20 Å². The van der Waals surface area contributed by atoms with Crippen LogP contribution < -0.4 is 5.32 Å². The SMILES string of the molecule is CCNc1nc(C)c(C(=O)N2CCCC[C@@H]2c2ccccn2)s1. The van der Waals surface area contributed by atoms with E-state index in [9.17, 15) is 4.79 Å². The van der Waals surface area contributed by atoms with E-state index in [0.29, 0.717) is 0 Å². The van der Waals surface area contributed by atoms with E-state index in [0.717, 1.165) is 53.7 Å². The average molecular weight is 330 g/mol. The normalized spacial score (nSPS) is 18.0. The molecule has 23 heavy (non-hydrogen) atoms. The Bertz CT molecular complexity index is 670. The van der Waals surface area contributed by atoms with Gasteiger partial charge in [-0.05, 0) is 45.2 Å². The first-order valence-corrected chi connectivity index (χ1v) is 8.95. The predicted molar refractivity (Wildman–Crippen MR) is 92.9 cm³/mol. The molecule has 2 aromatic heterocycles. The van der Waals surface area contributed by atoms with E-state index >= 15 is 0 Å². The molecule has 0 aromatic carbocycles. The second-order valence-corrected chi connectivity index (χ2v) is 6.73. The van der Waals surface area contributed by atoms with Gasteiger partial charge in [-0.15, -0.1) is 0 Å². The molecular weight excluding hydrogens is 308 g/mol. The highest BCUT2D eigenvalue weighted by Crippen LogP contribution is 2.33. The summed E-state index contributed by atoms with van der Waals surface area (Å²) in [6.07, 6.45) is 4.96. The third-order valence-electron chi connectivity index (χ3n) is 4.11. The first kappa shape index (κ1) is 15.9. The number of thiazole rings is 1. The Morgan fingerprint density at radius 3 is 3.04 bits per heavy atom. The molecule has 0 spiro atoms. The van der Waals surface area contributed by atoms with Crippen molar-refractivity contribution in [3.63, 3.8) is 0 Å². The van der Waals surface area contributed by atoms with E-state index in [1.807, 2.05) is 36.9 Å². The number of rotatable bonds is 4. The Morgan fingerprint density at radius 2 is 2.30 bits per heavy atom. The number of carbonyl (C=O) groups is 1. The zero-order valence-electron chi connectivity index (χ0n) is 13.6. The van der Waals surface area contributed by atoms with Gasteiger partial charge in [0.2, 0.25) is 0 Å². The summed E-state index contributed by atoms with van der Waals surface area (Å²) in [5.41, 5.74) is 1.79. The van der Waals surface area contributed by atoms with E-state index in [-0.39, 0.29) is 11.9 Å². The number of aryl methyl sites for hydroxylation is 1. The van der Waals surface area contributed by atoms with Gasteiger partial charge < -0.3 is 10.2 Å². The van der Waals surface area contributed by atoms with E-state index in [1.165, 1.54) is 11.3 Å². The number of pyridine rings is 1. The molecule has 1 aliphatic rings. The third kappa shape index (κ3) is 3.37. The maximum Gasteiger partial charge on any atom is 0.266 e. The van der Waals surface area contributed by atoms with Crippen LogP contribution in [0.3, 0.4) is 0 Å². The second kappa shape index (κ2) is 7.08. The van der Waals surface area contributed by atoms with Crippen molar-refractivity contribution in [2.75, 3.05) is 18.4 Å². The number of hydrogen-bond donors (Lipinski definition) is 1. The first-order chi connectivity index (χ1) is 11.2. The van der Waals surface area contributed by atoms with Crippen LogP contribution in [0, 0.1) is 6.92 Å². The number of amides is 1. The molecule has 2 aromatic rings. The second-order valence-electron chi connectivity index (χ2n) is 5.73. The fourth-order valence-electron chi connectivity index (χ4n) is 3.01. The number of carbonyl (C=O) groups excluding carboxylic acids is 1. The minimum atomic E-state index is 0.0709. The lowest BCUT2D eigenvalue weighted by Gasteiger charge is -2.35. The number of likely N-dealkylation sites (tertiary alicyclic amines) is 1. The summed E-state index contributed by atoms with van der Waals surface area (Å²) in [5, 5.41) is 4.01. The number of nitrogens with zero attached hydrogens (tertiary/aromatic N) is 3. The molecule has 1 fully saturated rings. The highest BCUT2D eigenvalue weighted by molar-refractivity contribution is 7.17. The molecule has 1 amide bonds. The van der Waals surface area contributed by atoms with Crippen LogP contribution in [0.2, 0.25) is 0 Å². The van der Waals surface area contributed by atoms with Gasteiger partial charge in [-0.1, -0.05) is 17.4 Å². The zero-order valence-corrected chi connectivity index (χ0v) is 14.4. The summed E-state index contributed by atoms with van der Waals surface area (Å²) in [6.45, 7) is 5.53. The molecule has 5 nitrogen and oxygen atoms in total. The molecule has 0 bridgehead atoms. The molecule has 1 N–H and O–H groups in total. The van der Waals surface area contributed by atoms with E-state index in [4.69, 9.17) is 0 Å². The summed E-state index contributed by atoms with van der Waals surface area (Å²) >= 11 is 1.45. The number of piperidine rings is 1. The lowest BCUT2D eigenvalue weighted by Crippen LogP contribution is -2.38.